The van der Waals surface area contributed by atoms with Gasteiger partial charge in [-0.3, -0.25) is 4.79 Å². The molecule has 1 atom stereocenters. The van der Waals surface area contributed by atoms with Gasteiger partial charge in [-0.1, -0.05) is 13.8 Å². The molecule has 186 valence electrons. The van der Waals surface area contributed by atoms with E-state index in [9.17, 15) is 10.1 Å². The fraction of sp³-hybridized carbons (Fsp3) is 0.462. The predicted molar refractivity (Wildman–Crippen MR) is 142 cm³/mol. The number of hydrogen-bond donors (Lipinski definition) is 1. The predicted octanol–water partition coefficient (Wildman–Crippen LogP) is 4.08. The number of pyridine rings is 2. The van der Waals surface area contributed by atoms with Gasteiger partial charge in [0.2, 0.25) is 0 Å². The second-order valence-corrected chi connectivity index (χ2v) is 9.35. The summed E-state index contributed by atoms with van der Waals surface area (Å²) in [6.45, 7) is 8.32. The van der Waals surface area contributed by atoms with E-state index in [1.807, 2.05) is 38.2 Å². The molecule has 35 heavy (non-hydrogen) atoms. The molecule has 9 heteroatoms. The van der Waals surface area contributed by atoms with E-state index in [0.29, 0.717) is 30.8 Å². The van der Waals surface area contributed by atoms with Crippen molar-refractivity contribution in [3.63, 3.8) is 0 Å². The van der Waals surface area contributed by atoms with Crippen molar-refractivity contribution in [1.82, 2.24) is 14.6 Å². The number of nitriles is 1. The summed E-state index contributed by atoms with van der Waals surface area (Å²) in [5.41, 5.74) is 8.93. The molecule has 0 bridgehead atoms. The first-order chi connectivity index (χ1) is 16.4. The molecule has 0 aromatic carbocycles. The molecule has 0 spiro atoms. The summed E-state index contributed by atoms with van der Waals surface area (Å²) in [6, 6.07) is 7.85. The smallest absolute Gasteiger partial charge is 0.150 e. The van der Waals surface area contributed by atoms with Crippen molar-refractivity contribution >= 4 is 30.6 Å². The molecule has 3 aromatic rings. The van der Waals surface area contributed by atoms with E-state index in [-0.39, 0.29) is 30.7 Å². The number of ether oxygens (including phenoxy) is 1. The lowest BCUT2D eigenvalue weighted by Crippen LogP contribution is -2.42. The number of anilines is 1. The molecular weight excluding hydrogens is 460 g/mol. The maximum absolute atomic E-state index is 12.4. The lowest BCUT2D eigenvalue weighted by atomic mass is 9.75. The first-order valence-electron chi connectivity index (χ1n) is 11.9. The average molecular weight is 495 g/mol. The van der Waals surface area contributed by atoms with Crippen LogP contribution in [0.2, 0.25) is 0 Å². The van der Waals surface area contributed by atoms with Gasteiger partial charge in [0.25, 0.3) is 0 Å². The maximum Gasteiger partial charge on any atom is 0.150 e. The summed E-state index contributed by atoms with van der Waals surface area (Å²) in [5.74, 6) is 1.76. The molecule has 1 saturated heterocycles. The fourth-order valence-corrected chi connectivity index (χ4v) is 4.61. The van der Waals surface area contributed by atoms with E-state index < -0.39 is 0 Å². The summed E-state index contributed by atoms with van der Waals surface area (Å²) in [5, 5.41) is 13.9. The summed E-state index contributed by atoms with van der Waals surface area (Å²) in [4.78, 5) is 19.4. The summed E-state index contributed by atoms with van der Waals surface area (Å²) in [6.07, 6.45) is 8.28. The van der Waals surface area contributed by atoms with E-state index in [4.69, 9.17) is 15.5 Å². The van der Waals surface area contributed by atoms with Gasteiger partial charge < -0.3 is 15.4 Å². The quantitative estimate of drug-likeness (QED) is 0.502. The number of carbonyl (C=O) groups excluding carboxylic acids is 1. The standard InChI is InChI=1S/C26H32N6O2.H2S/c1-4-22(28)23(33)13-26(3)8-10-31(11-9-26)24-7-6-18(15-29-24)21-12-20(34-5-2)17-32-25(21)19(14-27)16-30-32;/h6-7,12,15-17,22H,4-5,8-11,13,28H2,1-3H3;1H2/t22-;/m0./s1. The molecular formula is C26H34N6O2S. The number of Topliss-reactive ketones (excluding diaryl/α,β-unsaturated/α-hetero) is 1. The molecule has 0 unspecified atom stereocenters. The minimum absolute atomic E-state index is 0. The Morgan fingerprint density at radius 3 is 2.63 bits per heavy atom. The Labute approximate surface area is 213 Å². The zero-order valence-electron chi connectivity index (χ0n) is 20.6. The molecule has 1 aliphatic heterocycles. The van der Waals surface area contributed by atoms with Crippen LogP contribution in [0.4, 0.5) is 5.82 Å². The van der Waals surface area contributed by atoms with E-state index in [2.05, 4.69) is 23.0 Å². The van der Waals surface area contributed by atoms with E-state index in [1.54, 1.807) is 16.9 Å². The van der Waals surface area contributed by atoms with Gasteiger partial charge in [0.1, 0.15) is 23.4 Å². The van der Waals surface area contributed by atoms with Crippen molar-refractivity contribution in [2.45, 2.75) is 52.5 Å². The first kappa shape index (κ1) is 26.5. The Hall–Kier alpha value is -3.09. The van der Waals surface area contributed by atoms with Crippen molar-refractivity contribution in [2.24, 2.45) is 11.1 Å². The molecule has 0 aliphatic carbocycles. The van der Waals surface area contributed by atoms with Crippen molar-refractivity contribution in [3.8, 4) is 22.9 Å². The van der Waals surface area contributed by atoms with Gasteiger partial charge in [-0.15, -0.1) is 0 Å². The number of aromatic nitrogens is 3. The monoisotopic (exact) mass is 494 g/mol. The molecule has 8 nitrogen and oxygen atoms in total. The summed E-state index contributed by atoms with van der Waals surface area (Å²) in [7, 11) is 0. The molecule has 2 N–H and O–H groups in total. The number of ketones is 1. The highest BCUT2D eigenvalue weighted by Gasteiger charge is 2.33. The Balaban J connectivity index is 0.00000342. The van der Waals surface area contributed by atoms with E-state index >= 15 is 0 Å². The molecule has 0 radical (unpaired) electrons. The third-order valence-electron chi connectivity index (χ3n) is 6.83. The molecule has 1 fully saturated rings. The fourth-order valence-electron chi connectivity index (χ4n) is 4.61. The average Bonchev–Trinajstić information content (AvgIpc) is 3.27. The third kappa shape index (κ3) is 5.60. The largest absolute Gasteiger partial charge is 0.492 e. The lowest BCUT2D eigenvalue weighted by Gasteiger charge is -2.40. The maximum atomic E-state index is 12.4. The number of carbonyl (C=O) groups is 1. The molecule has 1 aliphatic rings. The molecule has 4 heterocycles. The van der Waals surface area contributed by atoms with E-state index in [0.717, 1.165) is 48.4 Å². The number of fused-ring (bicyclic) bond motifs is 1. The van der Waals surface area contributed by atoms with Crippen LogP contribution < -0.4 is 15.4 Å². The number of nitrogens with zero attached hydrogens (tertiary/aromatic N) is 5. The van der Waals surface area contributed by atoms with Gasteiger partial charge in [-0.2, -0.15) is 23.9 Å². The topological polar surface area (TPSA) is 110 Å². The number of piperidine rings is 1. The second-order valence-electron chi connectivity index (χ2n) is 9.35. The van der Waals surface area contributed by atoms with Crippen LogP contribution >= 0.6 is 13.5 Å². The zero-order chi connectivity index (χ0) is 24.3. The number of hydrogen-bond acceptors (Lipinski definition) is 7. The van der Waals surface area contributed by atoms with Crippen LogP contribution in [0, 0.1) is 16.7 Å². The van der Waals surface area contributed by atoms with Crippen LogP contribution in [0.1, 0.15) is 52.0 Å². The normalized spacial score (nSPS) is 15.8. The highest BCUT2D eigenvalue weighted by atomic mass is 32.1. The summed E-state index contributed by atoms with van der Waals surface area (Å²) >= 11 is 0. The summed E-state index contributed by atoms with van der Waals surface area (Å²) < 4.78 is 7.39. The van der Waals surface area contributed by atoms with Gasteiger partial charge in [-0.05, 0) is 49.8 Å². The minimum Gasteiger partial charge on any atom is -0.492 e. The van der Waals surface area contributed by atoms with Crippen LogP contribution in [0.15, 0.2) is 36.8 Å². The first-order valence-corrected chi connectivity index (χ1v) is 11.9. The van der Waals surface area contributed by atoms with Crippen LogP contribution in [0.3, 0.4) is 0 Å². The highest BCUT2D eigenvalue weighted by molar-refractivity contribution is 7.59. The molecule has 0 saturated carbocycles. The van der Waals surface area contributed by atoms with Crippen LogP contribution in [-0.4, -0.2) is 46.1 Å². The third-order valence-corrected chi connectivity index (χ3v) is 6.83. The lowest BCUT2D eigenvalue weighted by molar-refractivity contribution is -0.122. The van der Waals surface area contributed by atoms with Crippen LogP contribution in [0.5, 0.6) is 5.75 Å². The Morgan fingerprint density at radius 1 is 1.29 bits per heavy atom. The van der Waals surface area contributed by atoms with E-state index in [1.165, 1.54) is 0 Å². The van der Waals surface area contributed by atoms with Crippen molar-refractivity contribution in [2.75, 3.05) is 24.6 Å². The zero-order valence-corrected chi connectivity index (χ0v) is 21.6. The van der Waals surface area contributed by atoms with Gasteiger partial charge in [-0.25, -0.2) is 9.50 Å². The minimum atomic E-state index is -0.353. The van der Waals surface area contributed by atoms with Gasteiger partial charge in [0, 0.05) is 36.8 Å². The van der Waals surface area contributed by atoms with Gasteiger partial charge in [0.05, 0.1) is 36.1 Å². The van der Waals surface area contributed by atoms with Gasteiger partial charge >= 0.3 is 0 Å². The Bertz CT molecular complexity index is 1210. The van der Waals surface area contributed by atoms with Crippen molar-refractivity contribution in [3.05, 3.63) is 42.4 Å². The van der Waals surface area contributed by atoms with Crippen molar-refractivity contribution < 1.29 is 9.53 Å². The highest BCUT2D eigenvalue weighted by Crippen LogP contribution is 2.37. The van der Waals surface area contributed by atoms with Gasteiger partial charge in [0.15, 0.2) is 0 Å². The van der Waals surface area contributed by atoms with Crippen LogP contribution in [-0.2, 0) is 4.79 Å². The van der Waals surface area contributed by atoms with Crippen LogP contribution in [0.25, 0.3) is 16.6 Å². The Kier molecular flexibility index (Phi) is 8.41. The second kappa shape index (κ2) is 11.1. The Morgan fingerprint density at radius 2 is 2.03 bits per heavy atom. The molecule has 4 rings (SSSR count). The number of rotatable bonds is 8. The number of nitrogens with two attached hydrogens (primary N) is 1. The SMILES string of the molecule is CCOc1cc(-c2ccc(N3CCC(C)(CC(=O)[C@@H](N)CC)CC3)nc2)c2c(C#N)cnn2c1.S. The molecule has 0 amide bonds. The molecule has 3 aromatic heterocycles. The van der Waals surface area contributed by atoms with Crippen molar-refractivity contribution in [1.29, 1.82) is 5.26 Å².